The van der Waals surface area contributed by atoms with Crippen LogP contribution in [0.15, 0.2) is 30.3 Å². The van der Waals surface area contributed by atoms with Crippen molar-refractivity contribution in [1.82, 2.24) is 34.3 Å². The summed E-state index contributed by atoms with van der Waals surface area (Å²) in [7, 11) is 0. The molecule has 8 nitrogen and oxygen atoms in total. The molecular weight excluding hydrogens is 376 g/mol. The van der Waals surface area contributed by atoms with Gasteiger partial charge in [0.15, 0.2) is 5.82 Å². The number of imidazole rings is 1. The van der Waals surface area contributed by atoms with Gasteiger partial charge in [-0.25, -0.2) is 19.9 Å². The van der Waals surface area contributed by atoms with E-state index in [1.165, 1.54) is 11.3 Å². The quantitative estimate of drug-likeness (QED) is 0.509. The zero-order chi connectivity index (χ0) is 20.8. The number of benzene rings is 1. The first-order valence-corrected chi connectivity index (χ1v) is 10.5. The lowest BCUT2D eigenvalue weighted by atomic mass is 9.99. The Kier molecular flexibility index (Phi) is 4.49. The molecule has 0 bridgehead atoms. The highest BCUT2D eigenvalue weighted by atomic mass is 15.4. The van der Waals surface area contributed by atoms with E-state index < -0.39 is 0 Å². The van der Waals surface area contributed by atoms with Gasteiger partial charge in [0.25, 0.3) is 0 Å². The average Bonchev–Trinajstić information content (AvgIpc) is 3.20. The Hall–Kier alpha value is -3.29. The summed E-state index contributed by atoms with van der Waals surface area (Å²) >= 11 is 0. The zero-order valence-electron chi connectivity index (χ0n) is 17.9. The molecule has 5 rings (SSSR count). The summed E-state index contributed by atoms with van der Waals surface area (Å²) in [6, 6.07) is 10.4. The standard InChI is InChI=1S/C22H26N8/c1-5-10-29-19-9-7-6-8-18(19)26-22(29)17-12-28(13-17)20-11-21(25-14(2)24-20)30-16(4)23-15(3)27-30/h6-9,11,17H,5,10,12-13H2,1-4H3. The lowest BCUT2D eigenvalue weighted by molar-refractivity contribution is 0.472. The summed E-state index contributed by atoms with van der Waals surface area (Å²) in [5, 5.41) is 4.47. The Morgan fingerprint density at radius 1 is 0.933 bits per heavy atom. The number of rotatable bonds is 5. The van der Waals surface area contributed by atoms with Crippen molar-refractivity contribution < 1.29 is 0 Å². The number of aromatic nitrogens is 7. The van der Waals surface area contributed by atoms with Crippen LogP contribution in [-0.2, 0) is 6.54 Å². The van der Waals surface area contributed by atoms with Crippen LogP contribution in [-0.4, -0.2) is 47.4 Å². The smallest absolute Gasteiger partial charge is 0.161 e. The number of hydrogen-bond donors (Lipinski definition) is 0. The second-order valence-corrected chi connectivity index (χ2v) is 7.96. The summed E-state index contributed by atoms with van der Waals surface area (Å²) in [6.45, 7) is 10.8. The van der Waals surface area contributed by atoms with E-state index in [0.29, 0.717) is 5.92 Å². The number of nitrogens with zero attached hydrogens (tertiary/aromatic N) is 8. The van der Waals surface area contributed by atoms with Crippen LogP contribution in [0.5, 0.6) is 0 Å². The van der Waals surface area contributed by atoms with Crippen molar-refractivity contribution in [3.63, 3.8) is 0 Å². The normalized spacial score (nSPS) is 14.5. The third-order valence-corrected chi connectivity index (χ3v) is 5.60. The van der Waals surface area contributed by atoms with Crippen LogP contribution < -0.4 is 4.90 Å². The van der Waals surface area contributed by atoms with Crippen molar-refractivity contribution in [2.24, 2.45) is 0 Å². The Labute approximate surface area is 175 Å². The topological polar surface area (TPSA) is 77.5 Å². The number of aryl methyl sites for hydroxylation is 4. The maximum atomic E-state index is 4.96. The highest BCUT2D eigenvalue weighted by molar-refractivity contribution is 5.76. The van der Waals surface area contributed by atoms with Gasteiger partial charge in [-0.3, -0.25) is 0 Å². The van der Waals surface area contributed by atoms with Gasteiger partial charge in [0.05, 0.1) is 17.0 Å². The first-order valence-electron chi connectivity index (χ1n) is 10.5. The van der Waals surface area contributed by atoms with E-state index in [9.17, 15) is 0 Å². The highest BCUT2D eigenvalue weighted by Gasteiger charge is 2.33. The highest BCUT2D eigenvalue weighted by Crippen LogP contribution is 2.33. The fourth-order valence-corrected chi connectivity index (χ4v) is 4.24. The van der Waals surface area contributed by atoms with Crippen molar-refractivity contribution in [3.8, 4) is 5.82 Å². The van der Waals surface area contributed by atoms with Crippen LogP contribution in [0.1, 0.15) is 42.6 Å². The van der Waals surface area contributed by atoms with Crippen molar-refractivity contribution in [2.75, 3.05) is 18.0 Å². The van der Waals surface area contributed by atoms with Gasteiger partial charge in [0.2, 0.25) is 0 Å². The molecule has 0 radical (unpaired) electrons. The molecule has 4 aromatic rings. The monoisotopic (exact) mass is 402 g/mol. The van der Waals surface area contributed by atoms with Crippen molar-refractivity contribution >= 4 is 16.9 Å². The predicted molar refractivity (Wildman–Crippen MR) is 116 cm³/mol. The minimum atomic E-state index is 0.401. The Morgan fingerprint density at radius 3 is 2.43 bits per heavy atom. The second kappa shape index (κ2) is 7.19. The molecule has 0 atom stereocenters. The van der Waals surface area contributed by atoms with Crippen LogP contribution in [0.3, 0.4) is 0 Å². The molecule has 1 aliphatic rings. The van der Waals surface area contributed by atoms with E-state index in [1.54, 1.807) is 4.68 Å². The third kappa shape index (κ3) is 3.12. The van der Waals surface area contributed by atoms with E-state index in [4.69, 9.17) is 4.98 Å². The Morgan fingerprint density at radius 2 is 1.70 bits per heavy atom. The molecule has 1 saturated heterocycles. The first kappa shape index (κ1) is 18.7. The summed E-state index contributed by atoms with van der Waals surface area (Å²) in [5.41, 5.74) is 2.31. The van der Waals surface area contributed by atoms with E-state index in [1.807, 2.05) is 26.8 Å². The molecular formula is C22H26N8. The molecule has 1 aromatic carbocycles. The molecule has 30 heavy (non-hydrogen) atoms. The number of hydrogen-bond acceptors (Lipinski definition) is 6. The molecule has 0 amide bonds. The SMILES string of the molecule is CCCn1c(C2CN(c3cc(-n4nc(C)nc4C)nc(C)n3)C2)nc2ccccc21. The summed E-state index contributed by atoms with van der Waals surface area (Å²) in [6.07, 6.45) is 1.09. The number of para-hydroxylation sites is 2. The second-order valence-electron chi connectivity index (χ2n) is 7.96. The molecule has 0 aliphatic carbocycles. The lowest BCUT2D eigenvalue weighted by Gasteiger charge is -2.40. The van der Waals surface area contributed by atoms with Gasteiger partial charge in [-0.2, -0.15) is 4.68 Å². The van der Waals surface area contributed by atoms with Gasteiger partial charge >= 0.3 is 0 Å². The summed E-state index contributed by atoms with van der Waals surface area (Å²) < 4.78 is 4.17. The van der Waals surface area contributed by atoms with E-state index >= 15 is 0 Å². The van der Waals surface area contributed by atoms with Gasteiger partial charge in [-0.05, 0) is 39.3 Å². The summed E-state index contributed by atoms with van der Waals surface area (Å²) in [5.74, 6) is 5.57. The van der Waals surface area contributed by atoms with Crippen LogP contribution in [0.25, 0.3) is 16.9 Å². The molecule has 8 heteroatoms. The van der Waals surface area contributed by atoms with Gasteiger partial charge in [0, 0.05) is 25.7 Å². The van der Waals surface area contributed by atoms with Gasteiger partial charge in [0.1, 0.15) is 29.1 Å². The van der Waals surface area contributed by atoms with E-state index in [-0.39, 0.29) is 0 Å². The van der Waals surface area contributed by atoms with Gasteiger partial charge in [-0.1, -0.05) is 19.1 Å². The third-order valence-electron chi connectivity index (χ3n) is 5.60. The number of anilines is 1. The van der Waals surface area contributed by atoms with Crippen LogP contribution in [0.2, 0.25) is 0 Å². The Bertz CT molecular complexity index is 1220. The van der Waals surface area contributed by atoms with E-state index in [2.05, 4.69) is 60.7 Å². The zero-order valence-corrected chi connectivity index (χ0v) is 17.9. The summed E-state index contributed by atoms with van der Waals surface area (Å²) in [4.78, 5) is 20.9. The maximum Gasteiger partial charge on any atom is 0.161 e. The molecule has 1 fully saturated rings. The average molecular weight is 403 g/mol. The maximum absolute atomic E-state index is 4.96. The van der Waals surface area contributed by atoms with Gasteiger partial charge in [-0.15, -0.1) is 5.10 Å². The van der Waals surface area contributed by atoms with Crippen LogP contribution in [0.4, 0.5) is 5.82 Å². The van der Waals surface area contributed by atoms with Crippen LogP contribution >= 0.6 is 0 Å². The van der Waals surface area contributed by atoms with Crippen molar-refractivity contribution in [2.45, 2.75) is 46.6 Å². The van der Waals surface area contributed by atoms with Crippen LogP contribution in [0, 0.1) is 20.8 Å². The molecule has 4 heterocycles. The first-order chi connectivity index (χ1) is 14.5. The number of fused-ring (bicyclic) bond motifs is 1. The minimum absolute atomic E-state index is 0.401. The Balaban J connectivity index is 1.42. The molecule has 1 aliphatic heterocycles. The molecule has 0 spiro atoms. The molecule has 0 saturated carbocycles. The minimum Gasteiger partial charge on any atom is -0.355 e. The fourth-order valence-electron chi connectivity index (χ4n) is 4.24. The van der Waals surface area contributed by atoms with Crippen molar-refractivity contribution in [3.05, 3.63) is 53.6 Å². The molecule has 0 unspecified atom stereocenters. The molecule has 154 valence electrons. The van der Waals surface area contributed by atoms with E-state index in [0.717, 1.165) is 60.7 Å². The lowest BCUT2D eigenvalue weighted by Crippen LogP contribution is -2.46. The van der Waals surface area contributed by atoms with Gasteiger partial charge < -0.3 is 9.47 Å². The largest absolute Gasteiger partial charge is 0.355 e. The molecule has 0 N–H and O–H groups in total. The predicted octanol–water partition coefficient (Wildman–Crippen LogP) is 3.35. The molecule has 3 aromatic heterocycles. The fraction of sp³-hybridized carbons (Fsp3) is 0.409. The van der Waals surface area contributed by atoms with Crippen molar-refractivity contribution in [1.29, 1.82) is 0 Å².